The molecule has 118 valence electrons. The number of piperidine rings is 1. The number of carboxylic acid groups (broad SMARTS) is 1. The van der Waals surface area contributed by atoms with Crippen LogP contribution in [0.2, 0.25) is 5.02 Å². The van der Waals surface area contributed by atoms with Crippen LogP contribution in [0.3, 0.4) is 0 Å². The number of nitrogens with zero attached hydrogens (tertiary/aromatic N) is 1. The van der Waals surface area contributed by atoms with Crippen molar-refractivity contribution >= 4 is 35.0 Å². The maximum absolute atomic E-state index is 11.9. The molecule has 0 saturated carbocycles. The van der Waals surface area contributed by atoms with Crippen molar-refractivity contribution < 1.29 is 9.90 Å². The molecule has 5 heteroatoms. The van der Waals surface area contributed by atoms with E-state index in [9.17, 15) is 9.90 Å². The predicted molar refractivity (Wildman–Crippen MR) is 92.5 cm³/mol. The van der Waals surface area contributed by atoms with E-state index in [2.05, 4.69) is 17.0 Å². The van der Waals surface area contributed by atoms with Crippen LogP contribution in [-0.4, -0.2) is 17.6 Å². The second-order valence-electron chi connectivity index (χ2n) is 5.98. The Morgan fingerprint density at radius 2 is 2.04 bits per heavy atom. The Hall–Kier alpha value is -1.65. The average molecular weight is 346 g/mol. The van der Waals surface area contributed by atoms with Crippen LogP contribution in [0.15, 0.2) is 52.3 Å². The van der Waals surface area contributed by atoms with Gasteiger partial charge in [0.25, 0.3) is 0 Å². The largest absolute Gasteiger partial charge is 0.481 e. The number of anilines is 1. The third kappa shape index (κ3) is 2.50. The van der Waals surface area contributed by atoms with Crippen molar-refractivity contribution in [3.63, 3.8) is 0 Å². The van der Waals surface area contributed by atoms with E-state index in [0.29, 0.717) is 11.4 Å². The highest BCUT2D eigenvalue weighted by Gasteiger charge is 2.40. The van der Waals surface area contributed by atoms with Crippen LogP contribution >= 0.6 is 23.4 Å². The summed E-state index contributed by atoms with van der Waals surface area (Å²) in [5.41, 5.74) is 2.16. The van der Waals surface area contributed by atoms with Crippen LogP contribution in [0, 0.1) is 5.92 Å². The van der Waals surface area contributed by atoms with E-state index in [0.717, 1.165) is 34.0 Å². The lowest BCUT2D eigenvalue weighted by molar-refractivity contribution is -0.143. The summed E-state index contributed by atoms with van der Waals surface area (Å²) in [6.07, 6.45) is 1.59. The van der Waals surface area contributed by atoms with E-state index >= 15 is 0 Å². The molecule has 2 atom stereocenters. The van der Waals surface area contributed by atoms with Gasteiger partial charge in [0.2, 0.25) is 0 Å². The van der Waals surface area contributed by atoms with E-state index in [-0.39, 0.29) is 6.04 Å². The van der Waals surface area contributed by atoms with E-state index < -0.39 is 11.9 Å². The van der Waals surface area contributed by atoms with Gasteiger partial charge in [0.15, 0.2) is 0 Å². The highest BCUT2D eigenvalue weighted by molar-refractivity contribution is 7.99. The Morgan fingerprint density at radius 1 is 1.22 bits per heavy atom. The monoisotopic (exact) mass is 345 g/mol. The Kier molecular flexibility index (Phi) is 3.74. The molecular weight excluding hydrogens is 330 g/mol. The Morgan fingerprint density at radius 3 is 2.87 bits per heavy atom. The van der Waals surface area contributed by atoms with Crippen molar-refractivity contribution in [2.24, 2.45) is 5.92 Å². The van der Waals surface area contributed by atoms with Gasteiger partial charge in [-0.25, -0.2) is 0 Å². The zero-order valence-electron chi connectivity index (χ0n) is 12.4. The molecule has 1 saturated heterocycles. The molecule has 2 heterocycles. The molecule has 2 aliphatic rings. The van der Waals surface area contributed by atoms with Gasteiger partial charge in [0, 0.05) is 21.4 Å². The Balaban J connectivity index is 1.95. The molecule has 1 fully saturated rings. The molecule has 0 aromatic heterocycles. The van der Waals surface area contributed by atoms with Gasteiger partial charge >= 0.3 is 5.97 Å². The van der Waals surface area contributed by atoms with Crippen LogP contribution in [0.25, 0.3) is 0 Å². The van der Waals surface area contributed by atoms with Gasteiger partial charge in [-0.05, 0) is 42.7 Å². The summed E-state index contributed by atoms with van der Waals surface area (Å²) in [4.78, 5) is 16.4. The fourth-order valence-corrected chi connectivity index (χ4v) is 4.92. The summed E-state index contributed by atoms with van der Waals surface area (Å²) in [7, 11) is 0. The van der Waals surface area contributed by atoms with E-state index in [1.807, 2.05) is 30.3 Å². The number of hydrogen-bond donors (Lipinski definition) is 1. The predicted octanol–water partition coefficient (Wildman–Crippen LogP) is 4.85. The second-order valence-corrected chi connectivity index (χ2v) is 7.50. The maximum Gasteiger partial charge on any atom is 0.308 e. The Labute approximate surface area is 144 Å². The molecule has 4 rings (SSSR count). The number of rotatable bonds is 1. The molecule has 2 aromatic carbocycles. The summed E-state index contributed by atoms with van der Waals surface area (Å²) in [5, 5.41) is 10.4. The fourth-order valence-electron chi connectivity index (χ4n) is 3.65. The van der Waals surface area contributed by atoms with Gasteiger partial charge in [-0.15, -0.1) is 0 Å². The van der Waals surface area contributed by atoms with Crippen molar-refractivity contribution in [2.45, 2.75) is 28.7 Å². The number of benzene rings is 2. The molecule has 2 aliphatic heterocycles. The molecule has 3 nitrogen and oxygen atoms in total. The zero-order chi connectivity index (χ0) is 16.0. The summed E-state index contributed by atoms with van der Waals surface area (Å²) < 4.78 is 0. The molecule has 2 aromatic rings. The molecule has 0 radical (unpaired) electrons. The van der Waals surface area contributed by atoms with E-state index in [4.69, 9.17) is 11.6 Å². The average Bonchev–Trinajstić information content (AvgIpc) is 2.69. The van der Waals surface area contributed by atoms with Crippen LogP contribution < -0.4 is 4.90 Å². The summed E-state index contributed by atoms with van der Waals surface area (Å²) in [6.45, 7) is 0.858. The first-order valence-electron chi connectivity index (χ1n) is 7.71. The smallest absolute Gasteiger partial charge is 0.308 e. The highest BCUT2D eigenvalue weighted by atomic mass is 35.5. The molecule has 1 N–H and O–H groups in total. The van der Waals surface area contributed by atoms with Gasteiger partial charge in [-0.1, -0.05) is 41.6 Å². The minimum absolute atomic E-state index is 0.135. The first-order valence-corrected chi connectivity index (χ1v) is 8.90. The third-order valence-corrected chi connectivity index (χ3v) is 6.03. The summed E-state index contributed by atoms with van der Waals surface area (Å²) in [6, 6.07) is 13.9. The zero-order valence-corrected chi connectivity index (χ0v) is 14.0. The van der Waals surface area contributed by atoms with Gasteiger partial charge in [0.05, 0.1) is 17.6 Å². The van der Waals surface area contributed by atoms with Gasteiger partial charge < -0.3 is 10.0 Å². The quantitative estimate of drug-likeness (QED) is 0.802. The van der Waals surface area contributed by atoms with Crippen LogP contribution in [-0.2, 0) is 4.79 Å². The van der Waals surface area contributed by atoms with Crippen LogP contribution in [0.5, 0.6) is 0 Å². The number of hydrogen-bond acceptors (Lipinski definition) is 3. The fraction of sp³-hybridized carbons (Fsp3) is 0.278. The van der Waals surface area contributed by atoms with Gasteiger partial charge in [-0.2, -0.15) is 0 Å². The number of carbonyl (C=O) groups is 1. The first-order chi connectivity index (χ1) is 11.1. The van der Waals surface area contributed by atoms with Crippen molar-refractivity contribution in [3.05, 3.63) is 53.1 Å². The normalized spacial score (nSPS) is 22.6. The first kappa shape index (κ1) is 14.9. The molecular formula is C18H16ClNO2S. The van der Waals surface area contributed by atoms with Crippen molar-refractivity contribution in [2.75, 3.05) is 11.4 Å². The second kappa shape index (κ2) is 5.77. The SMILES string of the molecule is O=C(O)C1CCCN2c3cc(Cl)ccc3Sc3ccccc3C12. The molecule has 0 spiro atoms. The maximum atomic E-state index is 11.9. The van der Waals surface area contributed by atoms with Gasteiger partial charge in [0.1, 0.15) is 0 Å². The highest BCUT2D eigenvalue weighted by Crippen LogP contribution is 2.50. The van der Waals surface area contributed by atoms with Gasteiger partial charge in [-0.3, -0.25) is 4.79 Å². The number of aliphatic carboxylic acids is 1. The van der Waals surface area contributed by atoms with E-state index in [1.54, 1.807) is 11.8 Å². The summed E-state index contributed by atoms with van der Waals surface area (Å²) in [5.74, 6) is -1.11. The lowest BCUT2D eigenvalue weighted by Gasteiger charge is -2.41. The summed E-state index contributed by atoms with van der Waals surface area (Å²) >= 11 is 7.92. The molecule has 0 amide bonds. The van der Waals surface area contributed by atoms with E-state index in [1.165, 1.54) is 0 Å². The molecule has 0 bridgehead atoms. The van der Waals surface area contributed by atoms with Crippen molar-refractivity contribution in [1.29, 1.82) is 0 Å². The third-order valence-electron chi connectivity index (χ3n) is 4.64. The standard InChI is InChI=1S/C18H16ClNO2S/c19-11-7-8-16-14(10-11)20-9-3-5-13(18(21)22)17(20)12-4-1-2-6-15(12)23-16/h1-2,4,6-8,10,13,17H,3,5,9H2,(H,21,22). The Bertz CT molecular complexity index is 779. The molecule has 0 aliphatic carbocycles. The lowest BCUT2D eigenvalue weighted by Crippen LogP contribution is -2.42. The van der Waals surface area contributed by atoms with Crippen LogP contribution in [0.1, 0.15) is 24.4 Å². The lowest BCUT2D eigenvalue weighted by atomic mass is 9.84. The van der Waals surface area contributed by atoms with Crippen molar-refractivity contribution in [3.8, 4) is 0 Å². The topological polar surface area (TPSA) is 40.5 Å². The minimum atomic E-state index is -0.718. The van der Waals surface area contributed by atoms with Crippen LogP contribution in [0.4, 0.5) is 5.69 Å². The molecule has 23 heavy (non-hydrogen) atoms. The minimum Gasteiger partial charge on any atom is -0.481 e. The number of halogens is 1. The number of carboxylic acids is 1. The molecule has 2 unspecified atom stereocenters. The van der Waals surface area contributed by atoms with Crippen molar-refractivity contribution in [1.82, 2.24) is 0 Å². The number of fused-ring (bicyclic) bond motifs is 5.